The molecule has 3 atom stereocenters. The molecule has 0 aromatic heterocycles. The third-order valence-corrected chi connectivity index (χ3v) is 5.61. The van der Waals surface area contributed by atoms with Crippen molar-refractivity contribution in [1.29, 1.82) is 0 Å². The zero-order valence-electron chi connectivity index (χ0n) is 14.5. The Morgan fingerprint density at radius 3 is 2.54 bits per heavy atom. The van der Waals surface area contributed by atoms with Gasteiger partial charge in [-0.25, -0.2) is 8.78 Å². The number of carbonyl (C=O) groups excluding carboxylic acids is 1. The fourth-order valence-corrected chi connectivity index (χ4v) is 4.15. The summed E-state index contributed by atoms with van der Waals surface area (Å²) in [6.07, 6.45) is 1.16. The van der Waals surface area contributed by atoms with E-state index in [-0.39, 0.29) is 24.2 Å². The number of fused-ring (bicyclic) bond motifs is 1. The van der Waals surface area contributed by atoms with Crippen molar-refractivity contribution in [3.63, 3.8) is 0 Å². The first-order valence-electron chi connectivity index (χ1n) is 9.10. The summed E-state index contributed by atoms with van der Waals surface area (Å²) in [6, 6.07) is 11.9. The number of hydrogen-bond donors (Lipinski definition) is 1. The summed E-state index contributed by atoms with van der Waals surface area (Å²) < 4.78 is 26.5. The summed E-state index contributed by atoms with van der Waals surface area (Å²) in [4.78, 5) is 14.2. The third-order valence-electron chi connectivity index (χ3n) is 5.61. The van der Waals surface area contributed by atoms with Crippen molar-refractivity contribution in [1.82, 2.24) is 4.90 Å². The molecule has 0 unspecified atom stereocenters. The maximum Gasteiger partial charge on any atom is 0.240 e. The van der Waals surface area contributed by atoms with Crippen LogP contribution in [-0.4, -0.2) is 36.1 Å². The number of carbonyl (C=O) groups is 1. The number of nitrogens with two attached hydrogens (primary N) is 1. The molecule has 2 aromatic rings. The van der Waals surface area contributed by atoms with Crippen molar-refractivity contribution in [3.05, 3.63) is 59.4 Å². The molecule has 0 spiro atoms. The van der Waals surface area contributed by atoms with Gasteiger partial charge in [-0.05, 0) is 53.6 Å². The summed E-state index contributed by atoms with van der Waals surface area (Å²) in [7, 11) is 0. The van der Waals surface area contributed by atoms with Crippen molar-refractivity contribution < 1.29 is 13.6 Å². The number of alkyl halides is 1. The third kappa shape index (κ3) is 3.12. The Labute approximate surface area is 151 Å². The highest BCUT2D eigenvalue weighted by atomic mass is 19.1. The summed E-state index contributed by atoms with van der Waals surface area (Å²) in [5.74, 6) is -0.430. The minimum atomic E-state index is -0.930. The highest BCUT2D eigenvalue weighted by molar-refractivity contribution is 5.83. The van der Waals surface area contributed by atoms with E-state index in [2.05, 4.69) is 6.07 Å². The van der Waals surface area contributed by atoms with Gasteiger partial charge in [0.25, 0.3) is 0 Å². The second kappa shape index (κ2) is 6.80. The standard InChI is InChI=1S/C21H22F2N2O/c22-16-5-1-13(2-6-16)14-3-7-18-15(11-14)4-8-19(18)20(24)21(26)25-10-9-17(23)12-25/h1-3,5-7,11,17,19-20H,4,8-10,12,24H2/t17-,19-,20-/m0/s1. The molecule has 0 bridgehead atoms. The zero-order chi connectivity index (χ0) is 18.3. The number of aryl methyl sites for hydroxylation is 1. The molecule has 1 aliphatic carbocycles. The van der Waals surface area contributed by atoms with Crippen LogP contribution in [0.5, 0.6) is 0 Å². The molecule has 1 fully saturated rings. The largest absolute Gasteiger partial charge is 0.338 e. The number of benzene rings is 2. The van der Waals surface area contributed by atoms with E-state index in [4.69, 9.17) is 5.73 Å². The Morgan fingerprint density at radius 1 is 1.12 bits per heavy atom. The summed E-state index contributed by atoms with van der Waals surface area (Å²) in [6.45, 7) is 0.617. The van der Waals surface area contributed by atoms with Gasteiger partial charge in [0.15, 0.2) is 0 Å². The summed E-state index contributed by atoms with van der Waals surface area (Å²) >= 11 is 0. The van der Waals surface area contributed by atoms with Crippen molar-refractivity contribution in [2.75, 3.05) is 13.1 Å². The van der Waals surface area contributed by atoms with E-state index in [1.165, 1.54) is 17.7 Å². The van der Waals surface area contributed by atoms with Crippen LogP contribution in [0.2, 0.25) is 0 Å². The maximum atomic E-state index is 13.4. The molecule has 0 radical (unpaired) electrons. The van der Waals surface area contributed by atoms with Crippen molar-refractivity contribution in [2.45, 2.75) is 37.4 Å². The van der Waals surface area contributed by atoms with Crippen molar-refractivity contribution in [3.8, 4) is 11.1 Å². The average Bonchev–Trinajstić information content (AvgIpc) is 3.27. The molecule has 2 aliphatic rings. The molecule has 1 aliphatic heterocycles. The molecule has 1 amide bonds. The molecule has 5 heteroatoms. The van der Waals surface area contributed by atoms with E-state index < -0.39 is 12.2 Å². The summed E-state index contributed by atoms with van der Waals surface area (Å²) in [5, 5.41) is 0. The fraction of sp³-hybridized carbons (Fsp3) is 0.381. The van der Waals surface area contributed by atoms with Crippen LogP contribution in [0.3, 0.4) is 0 Å². The van der Waals surface area contributed by atoms with E-state index in [0.29, 0.717) is 13.0 Å². The molecule has 2 N–H and O–H groups in total. The van der Waals surface area contributed by atoms with Gasteiger partial charge in [-0.1, -0.05) is 30.3 Å². The number of halogens is 2. The van der Waals surface area contributed by atoms with Crippen LogP contribution in [0.4, 0.5) is 8.78 Å². The Kier molecular flexibility index (Phi) is 4.49. The number of amides is 1. The number of likely N-dealkylation sites (tertiary alicyclic amines) is 1. The monoisotopic (exact) mass is 356 g/mol. The first-order valence-corrected chi connectivity index (χ1v) is 9.10. The molecule has 4 rings (SSSR count). The van der Waals surface area contributed by atoms with Crippen LogP contribution in [0.25, 0.3) is 11.1 Å². The lowest BCUT2D eigenvalue weighted by atomic mass is 9.91. The first kappa shape index (κ1) is 17.2. The lowest BCUT2D eigenvalue weighted by Crippen LogP contribution is -2.45. The Morgan fingerprint density at radius 2 is 1.85 bits per heavy atom. The predicted octanol–water partition coefficient (Wildman–Crippen LogP) is 3.42. The predicted molar refractivity (Wildman–Crippen MR) is 97.0 cm³/mol. The highest BCUT2D eigenvalue weighted by Crippen LogP contribution is 2.38. The van der Waals surface area contributed by atoms with Gasteiger partial charge in [0.2, 0.25) is 5.91 Å². The maximum absolute atomic E-state index is 13.4. The zero-order valence-corrected chi connectivity index (χ0v) is 14.5. The quantitative estimate of drug-likeness (QED) is 0.916. The second-order valence-electron chi connectivity index (χ2n) is 7.26. The lowest BCUT2D eigenvalue weighted by Gasteiger charge is -2.25. The Hall–Kier alpha value is -2.27. The van der Waals surface area contributed by atoms with E-state index in [0.717, 1.165) is 29.5 Å². The molecule has 26 heavy (non-hydrogen) atoms. The van der Waals surface area contributed by atoms with Gasteiger partial charge in [0.1, 0.15) is 12.0 Å². The molecule has 1 saturated heterocycles. The Balaban J connectivity index is 1.54. The van der Waals surface area contributed by atoms with Crippen molar-refractivity contribution in [2.24, 2.45) is 5.73 Å². The molecule has 136 valence electrons. The average molecular weight is 356 g/mol. The summed E-state index contributed by atoms with van der Waals surface area (Å²) in [5.41, 5.74) is 10.6. The van der Waals surface area contributed by atoms with Gasteiger partial charge < -0.3 is 10.6 Å². The van der Waals surface area contributed by atoms with Gasteiger partial charge in [0, 0.05) is 12.5 Å². The molecule has 1 heterocycles. The lowest BCUT2D eigenvalue weighted by molar-refractivity contribution is -0.132. The normalized spacial score (nSPS) is 23.1. The van der Waals surface area contributed by atoms with Gasteiger partial charge in [0.05, 0.1) is 12.6 Å². The van der Waals surface area contributed by atoms with E-state index in [1.54, 1.807) is 17.0 Å². The molecule has 3 nitrogen and oxygen atoms in total. The van der Waals surface area contributed by atoms with Gasteiger partial charge in [-0.2, -0.15) is 0 Å². The van der Waals surface area contributed by atoms with E-state index in [1.807, 2.05) is 12.1 Å². The topological polar surface area (TPSA) is 46.3 Å². The van der Waals surface area contributed by atoms with Crippen LogP contribution in [0.15, 0.2) is 42.5 Å². The first-order chi connectivity index (χ1) is 12.5. The van der Waals surface area contributed by atoms with Crippen LogP contribution in [0, 0.1) is 5.82 Å². The smallest absolute Gasteiger partial charge is 0.240 e. The molecule has 0 saturated carbocycles. The van der Waals surface area contributed by atoms with Crippen LogP contribution < -0.4 is 5.73 Å². The molecular weight excluding hydrogens is 334 g/mol. The molecule has 2 aromatic carbocycles. The second-order valence-corrected chi connectivity index (χ2v) is 7.26. The Bertz CT molecular complexity index is 821. The number of rotatable bonds is 3. The minimum absolute atomic E-state index is 0.0292. The number of nitrogens with zero attached hydrogens (tertiary/aromatic N) is 1. The van der Waals surface area contributed by atoms with Gasteiger partial charge in [-0.15, -0.1) is 0 Å². The van der Waals surface area contributed by atoms with Crippen LogP contribution in [0.1, 0.15) is 29.9 Å². The fourth-order valence-electron chi connectivity index (χ4n) is 4.15. The van der Waals surface area contributed by atoms with E-state index >= 15 is 0 Å². The van der Waals surface area contributed by atoms with Crippen molar-refractivity contribution >= 4 is 5.91 Å². The molecular formula is C21H22F2N2O. The highest BCUT2D eigenvalue weighted by Gasteiger charge is 2.36. The SMILES string of the molecule is N[C@H](C(=O)N1CC[C@H](F)C1)[C@H]1CCc2cc(-c3ccc(F)cc3)ccc21. The van der Waals surface area contributed by atoms with Gasteiger partial charge >= 0.3 is 0 Å². The van der Waals surface area contributed by atoms with Gasteiger partial charge in [-0.3, -0.25) is 4.79 Å². The minimum Gasteiger partial charge on any atom is -0.338 e. The van der Waals surface area contributed by atoms with Crippen LogP contribution >= 0.6 is 0 Å². The number of hydrogen-bond acceptors (Lipinski definition) is 2. The van der Waals surface area contributed by atoms with E-state index in [9.17, 15) is 13.6 Å². The van der Waals surface area contributed by atoms with Crippen LogP contribution in [-0.2, 0) is 11.2 Å².